The maximum atomic E-state index is 11.8. The minimum atomic E-state index is -1.90. The van der Waals surface area contributed by atoms with Crippen molar-refractivity contribution >= 4 is 5.97 Å². The molecule has 0 unspecified atom stereocenters. The van der Waals surface area contributed by atoms with E-state index in [1.807, 2.05) is 30.3 Å². The van der Waals surface area contributed by atoms with E-state index in [1.54, 1.807) is 24.3 Å². The van der Waals surface area contributed by atoms with Crippen LogP contribution in [0.4, 0.5) is 8.78 Å². The van der Waals surface area contributed by atoms with Crippen LogP contribution in [0.3, 0.4) is 0 Å². The molecule has 25 heavy (non-hydrogen) atoms. The molecule has 0 aliphatic rings. The Kier molecular flexibility index (Phi) is 7.43. The predicted octanol–water partition coefficient (Wildman–Crippen LogP) is 4.36. The standard InChI is InChI=1S/C19H18F2O4/c20-18(21)10-11-19(22)24-13-12-23-16-6-8-17(9-7-16)25-14-15-4-2-1-3-5-15/h1-10H,11-14H2. The van der Waals surface area contributed by atoms with Gasteiger partial charge in [0.15, 0.2) is 0 Å². The van der Waals surface area contributed by atoms with Crippen LogP contribution in [0.25, 0.3) is 0 Å². The lowest BCUT2D eigenvalue weighted by Crippen LogP contribution is -2.11. The molecule has 132 valence electrons. The molecule has 0 radical (unpaired) electrons. The Morgan fingerprint density at radius 3 is 2.16 bits per heavy atom. The van der Waals surface area contributed by atoms with Crippen molar-refractivity contribution in [2.24, 2.45) is 0 Å². The van der Waals surface area contributed by atoms with Crippen molar-refractivity contribution in [2.75, 3.05) is 13.2 Å². The van der Waals surface area contributed by atoms with Crippen molar-refractivity contribution in [1.82, 2.24) is 0 Å². The minimum absolute atomic E-state index is 0.00711. The second-order valence-electron chi connectivity index (χ2n) is 5.01. The van der Waals surface area contributed by atoms with Gasteiger partial charge in [-0.1, -0.05) is 30.3 Å². The third kappa shape index (κ3) is 7.48. The van der Waals surface area contributed by atoms with E-state index in [4.69, 9.17) is 14.2 Å². The van der Waals surface area contributed by atoms with Crippen molar-refractivity contribution < 1.29 is 27.8 Å². The number of carbonyl (C=O) groups excluding carboxylic acids is 1. The van der Waals surface area contributed by atoms with Crippen LogP contribution in [0.15, 0.2) is 66.8 Å². The van der Waals surface area contributed by atoms with Gasteiger partial charge in [-0.3, -0.25) is 4.79 Å². The maximum Gasteiger partial charge on any atom is 0.309 e. The summed E-state index contributed by atoms with van der Waals surface area (Å²) >= 11 is 0. The second kappa shape index (κ2) is 10.1. The van der Waals surface area contributed by atoms with Crippen LogP contribution in [0.1, 0.15) is 12.0 Å². The number of halogens is 2. The van der Waals surface area contributed by atoms with E-state index in [0.717, 1.165) is 5.56 Å². The zero-order chi connectivity index (χ0) is 17.9. The van der Waals surface area contributed by atoms with E-state index in [2.05, 4.69) is 0 Å². The molecule has 0 heterocycles. The molecule has 0 aliphatic heterocycles. The van der Waals surface area contributed by atoms with Gasteiger partial charge in [0, 0.05) is 0 Å². The average molecular weight is 348 g/mol. The molecule has 0 aromatic heterocycles. The van der Waals surface area contributed by atoms with Crippen LogP contribution < -0.4 is 9.47 Å². The van der Waals surface area contributed by atoms with E-state index in [0.29, 0.717) is 24.2 Å². The van der Waals surface area contributed by atoms with Crippen molar-refractivity contribution in [3.8, 4) is 11.5 Å². The van der Waals surface area contributed by atoms with Crippen LogP contribution in [-0.2, 0) is 16.1 Å². The van der Waals surface area contributed by atoms with Crippen molar-refractivity contribution in [3.63, 3.8) is 0 Å². The zero-order valence-corrected chi connectivity index (χ0v) is 13.5. The van der Waals surface area contributed by atoms with Crippen LogP contribution in [0, 0.1) is 0 Å². The summed E-state index contributed by atoms with van der Waals surface area (Å²) in [5.41, 5.74) is 1.08. The highest BCUT2D eigenvalue weighted by molar-refractivity contribution is 5.71. The van der Waals surface area contributed by atoms with Gasteiger partial charge in [-0.05, 0) is 35.9 Å². The fraction of sp³-hybridized carbons (Fsp3) is 0.211. The molecule has 0 saturated heterocycles. The number of ether oxygens (including phenoxy) is 3. The summed E-state index contributed by atoms with van der Waals surface area (Å²) < 4.78 is 39.4. The molecule has 0 bridgehead atoms. The molecular weight excluding hydrogens is 330 g/mol. The third-order valence-electron chi connectivity index (χ3n) is 3.11. The normalized spacial score (nSPS) is 10.0. The van der Waals surface area contributed by atoms with Gasteiger partial charge < -0.3 is 14.2 Å². The largest absolute Gasteiger partial charge is 0.490 e. The third-order valence-corrected chi connectivity index (χ3v) is 3.11. The molecule has 0 spiro atoms. The maximum absolute atomic E-state index is 11.8. The van der Waals surface area contributed by atoms with Gasteiger partial charge >= 0.3 is 5.97 Å². The highest BCUT2D eigenvalue weighted by atomic mass is 19.3. The first-order chi connectivity index (χ1) is 12.1. The molecule has 0 saturated carbocycles. The van der Waals surface area contributed by atoms with Crippen LogP contribution in [0.2, 0.25) is 0 Å². The first-order valence-electron chi connectivity index (χ1n) is 7.70. The van der Waals surface area contributed by atoms with E-state index in [-0.39, 0.29) is 13.2 Å². The molecule has 2 aromatic rings. The van der Waals surface area contributed by atoms with Gasteiger partial charge in [0.25, 0.3) is 6.08 Å². The highest BCUT2D eigenvalue weighted by Gasteiger charge is 2.02. The molecule has 4 nitrogen and oxygen atoms in total. The monoisotopic (exact) mass is 348 g/mol. The van der Waals surface area contributed by atoms with E-state index in [1.165, 1.54) is 0 Å². The van der Waals surface area contributed by atoms with Crippen molar-refractivity contribution in [3.05, 3.63) is 72.3 Å². The number of hydrogen-bond acceptors (Lipinski definition) is 4. The van der Waals surface area contributed by atoms with Gasteiger partial charge in [0.05, 0.1) is 6.42 Å². The second-order valence-corrected chi connectivity index (χ2v) is 5.01. The minimum Gasteiger partial charge on any atom is -0.490 e. The molecule has 0 fully saturated rings. The van der Waals surface area contributed by atoms with Crippen molar-refractivity contribution in [1.29, 1.82) is 0 Å². The Hall–Kier alpha value is -2.89. The highest BCUT2D eigenvalue weighted by Crippen LogP contribution is 2.18. The van der Waals surface area contributed by atoms with Gasteiger partial charge in [-0.15, -0.1) is 0 Å². The van der Waals surface area contributed by atoms with E-state index >= 15 is 0 Å². The van der Waals surface area contributed by atoms with Crippen LogP contribution in [-0.4, -0.2) is 19.2 Å². The smallest absolute Gasteiger partial charge is 0.309 e. The first-order valence-corrected chi connectivity index (χ1v) is 7.70. The van der Waals surface area contributed by atoms with Gasteiger partial charge in [-0.2, -0.15) is 8.78 Å². The Balaban J connectivity index is 1.66. The quantitative estimate of drug-likeness (QED) is 0.499. The summed E-state index contributed by atoms with van der Waals surface area (Å²) in [5, 5.41) is 0. The lowest BCUT2D eigenvalue weighted by Gasteiger charge is -2.09. The Bertz CT molecular complexity index is 680. The molecule has 2 rings (SSSR count). The molecule has 0 atom stereocenters. The Morgan fingerprint density at radius 2 is 1.52 bits per heavy atom. The van der Waals surface area contributed by atoms with E-state index in [9.17, 15) is 13.6 Å². The fourth-order valence-corrected chi connectivity index (χ4v) is 1.91. The molecule has 0 aliphatic carbocycles. The van der Waals surface area contributed by atoms with Crippen molar-refractivity contribution in [2.45, 2.75) is 13.0 Å². The van der Waals surface area contributed by atoms with E-state index < -0.39 is 18.5 Å². The molecular formula is C19H18F2O4. The number of rotatable bonds is 9. The number of carbonyl (C=O) groups is 1. The summed E-state index contributed by atoms with van der Waals surface area (Å²) in [6.45, 7) is 0.607. The summed E-state index contributed by atoms with van der Waals surface area (Å²) in [6, 6.07) is 16.8. The number of hydrogen-bond donors (Lipinski definition) is 0. The Morgan fingerprint density at radius 1 is 0.880 bits per heavy atom. The topological polar surface area (TPSA) is 44.8 Å². The van der Waals surface area contributed by atoms with Gasteiger partial charge in [0.2, 0.25) is 0 Å². The Labute approximate surface area is 144 Å². The molecule has 6 heteroatoms. The predicted molar refractivity (Wildman–Crippen MR) is 88.6 cm³/mol. The lowest BCUT2D eigenvalue weighted by molar-refractivity contribution is -0.143. The van der Waals surface area contributed by atoms with Gasteiger partial charge in [0.1, 0.15) is 31.3 Å². The fourth-order valence-electron chi connectivity index (χ4n) is 1.91. The molecule has 2 aromatic carbocycles. The number of esters is 1. The summed E-state index contributed by atoms with van der Waals surface area (Å²) in [4.78, 5) is 11.1. The van der Waals surface area contributed by atoms with Gasteiger partial charge in [-0.25, -0.2) is 0 Å². The van der Waals surface area contributed by atoms with Crippen LogP contribution >= 0.6 is 0 Å². The average Bonchev–Trinajstić information content (AvgIpc) is 2.63. The zero-order valence-electron chi connectivity index (χ0n) is 13.5. The summed E-state index contributed by atoms with van der Waals surface area (Å²) in [5.74, 6) is 0.585. The van der Waals surface area contributed by atoms with Crippen LogP contribution in [0.5, 0.6) is 11.5 Å². The molecule has 0 amide bonds. The SMILES string of the molecule is O=C(CC=C(F)F)OCCOc1ccc(OCc2ccccc2)cc1. The summed E-state index contributed by atoms with van der Waals surface area (Å²) in [6.07, 6.45) is -1.84. The summed E-state index contributed by atoms with van der Waals surface area (Å²) in [7, 11) is 0. The number of benzene rings is 2. The molecule has 0 N–H and O–H groups in total. The lowest BCUT2D eigenvalue weighted by atomic mass is 10.2. The first kappa shape index (κ1) is 18.4.